The Bertz CT molecular complexity index is 439. The number of nitrogens with zero attached hydrogens (tertiary/aromatic N) is 2. The topological polar surface area (TPSA) is 54.5 Å². The molecule has 116 valence electrons. The summed E-state index contributed by atoms with van der Waals surface area (Å²) in [6.45, 7) is 8.88. The van der Waals surface area contributed by atoms with Gasteiger partial charge >= 0.3 is 5.97 Å². The van der Waals surface area contributed by atoms with E-state index < -0.39 is 0 Å². The summed E-state index contributed by atoms with van der Waals surface area (Å²) in [4.78, 5) is 18.3. The number of hydrogen-bond acceptors (Lipinski definition) is 5. The average Bonchev–Trinajstić information content (AvgIpc) is 2.54. The van der Waals surface area contributed by atoms with Gasteiger partial charge in [0.2, 0.25) is 0 Å². The van der Waals surface area contributed by atoms with E-state index in [1.54, 1.807) is 19.2 Å². The van der Waals surface area contributed by atoms with Crippen LogP contribution in [0.5, 0.6) is 0 Å². The molecule has 0 aromatic carbocycles. The number of rotatable bonds is 6. The highest BCUT2D eigenvalue weighted by molar-refractivity contribution is 5.89. The van der Waals surface area contributed by atoms with Crippen molar-refractivity contribution in [1.82, 2.24) is 9.88 Å². The van der Waals surface area contributed by atoms with Crippen LogP contribution >= 0.6 is 0 Å². The fourth-order valence-corrected chi connectivity index (χ4v) is 2.59. The molecule has 1 N–H and O–H groups in total. The van der Waals surface area contributed by atoms with E-state index in [-0.39, 0.29) is 5.97 Å². The zero-order valence-electron chi connectivity index (χ0n) is 13.0. The van der Waals surface area contributed by atoms with E-state index in [4.69, 9.17) is 4.74 Å². The van der Waals surface area contributed by atoms with Gasteiger partial charge in [0.25, 0.3) is 0 Å². The maximum absolute atomic E-state index is 11.5. The Balaban J connectivity index is 1.77. The van der Waals surface area contributed by atoms with Crippen molar-refractivity contribution in [3.63, 3.8) is 0 Å². The number of piperidine rings is 1. The summed E-state index contributed by atoms with van der Waals surface area (Å²) in [5.41, 5.74) is 0.499. The fraction of sp³-hybridized carbons (Fsp3) is 0.625. The highest BCUT2D eigenvalue weighted by Gasteiger charge is 2.17. The Labute approximate surface area is 126 Å². The van der Waals surface area contributed by atoms with Gasteiger partial charge in [-0.25, -0.2) is 9.78 Å². The Morgan fingerprint density at radius 3 is 2.71 bits per heavy atom. The van der Waals surface area contributed by atoms with Crippen molar-refractivity contribution in [2.24, 2.45) is 5.92 Å². The molecule has 1 fully saturated rings. The number of likely N-dealkylation sites (tertiary alicyclic amines) is 1. The minimum Gasteiger partial charge on any atom is -0.462 e. The normalized spacial score (nSPS) is 16.7. The lowest BCUT2D eigenvalue weighted by Crippen LogP contribution is -2.35. The van der Waals surface area contributed by atoms with Crippen LogP contribution in [0.15, 0.2) is 18.3 Å². The molecule has 1 aromatic heterocycles. The molecule has 0 aliphatic carbocycles. The van der Waals surface area contributed by atoms with Crippen LogP contribution in [0.4, 0.5) is 5.82 Å². The average molecular weight is 291 g/mol. The summed E-state index contributed by atoms with van der Waals surface area (Å²) in [5.74, 6) is 1.21. The van der Waals surface area contributed by atoms with Gasteiger partial charge in [-0.1, -0.05) is 6.92 Å². The quantitative estimate of drug-likeness (QED) is 0.816. The smallest absolute Gasteiger partial charge is 0.339 e. The van der Waals surface area contributed by atoms with Gasteiger partial charge in [-0.15, -0.1) is 0 Å². The minimum absolute atomic E-state index is 0.316. The van der Waals surface area contributed by atoms with Gasteiger partial charge in [0, 0.05) is 12.7 Å². The first-order chi connectivity index (χ1) is 10.2. The van der Waals surface area contributed by atoms with Crippen molar-refractivity contribution in [2.75, 3.05) is 38.1 Å². The Kier molecular flexibility index (Phi) is 5.99. The third kappa shape index (κ3) is 4.70. The number of aromatic nitrogens is 1. The Morgan fingerprint density at radius 1 is 1.38 bits per heavy atom. The lowest BCUT2D eigenvalue weighted by molar-refractivity contribution is 0.0526. The van der Waals surface area contributed by atoms with Crippen molar-refractivity contribution in [3.05, 3.63) is 23.9 Å². The van der Waals surface area contributed by atoms with Crippen LogP contribution in [0.25, 0.3) is 0 Å². The first-order valence-electron chi connectivity index (χ1n) is 7.82. The maximum atomic E-state index is 11.5. The van der Waals surface area contributed by atoms with E-state index in [0.29, 0.717) is 18.1 Å². The van der Waals surface area contributed by atoms with Gasteiger partial charge in [-0.3, -0.25) is 0 Å². The van der Waals surface area contributed by atoms with Gasteiger partial charge in [-0.05, 0) is 57.5 Å². The molecule has 1 saturated heterocycles. The van der Waals surface area contributed by atoms with Crippen LogP contribution in [0.1, 0.15) is 37.0 Å². The molecule has 0 radical (unpaired) electrons. The molecule has 1 aromatic rings. The van der Waals surface area contributed by atoms with Crippen LogP contribution in [0.2, 0.25) is 0 Å². The second-order valence-electron chi connectivity index (χ2n) is 5.41. The van der Waals surface area contributed by atoms with Crippen LogP contribution in [-0.2, 0) is 4.74 Å². The zero-order chi connectivity index (χ0) is 15.1. The summed E-state index contributed by atoms with van der Waals surface area (Å²) in [7, 11) is 0. The molecule has 0 atom stereocenters. The van der Waals surface area contributed by atoms with Crippen LogP contribution in [0, 0.1) is 5.92 Å². The Hall–Kier alpha value is -1.62. The molecule has 0 saturated carbocycles. The second-order valence-corrected chi connectivity index (χ2v) is 5.41. The molecular weight excluding hydrogens is 266 g/mol. The highest BCUT2D eigenvalue weighted by Crippen LogP contribution is 2.17. The van der Waals surface area contributed by atoms with Crippen molar-refractivity contribution in [3.8, 4) is 0 Å². The van der Waals surface area contributed by atoms with E-state index in [1.807, 2.05) is 6.07 Å². The van der Waals surface area contributed by atoms with E-state index >= 15 is 0 Å². The molecule has 5 heteroatoms. The van der Waals surface area contributed by atoms with Gasteiger partial charge in [-0.2, -0.15) is 0 Å². The highest BCUT2D eigenvalue weighted by atomic mass is 16.5. The summed E-state index contributed by atoms with van der Waals surface area (Å²) < 4.78 is 4.94. The number of ether oxygens (including phenoxy) is 1. The largest absolute Gasteiger partial charge is 0.462 e. The molecule has 2 heterocycles. The minimum atomic E-state index is -0.316. The number of anilines is 1. The summed E-state index contributed by atoms with van der Waals surface area (Å²) in [6, 6.07) is 3.60. The molecule has 21 heavy (non-hydrogen) atoms. The molecule has 5 nitrogen and oxygen atoms in total. The molecule has 0 spiro atoms. The van der Waals surface area contributed by atoms with E-state index in [9.17, 15) is 4.79 Å². The van der Waals surface area contributed by atoms with Gasteiger partial charge in [0.15, 0.2) is 0 Å². The van der Waals surface area contributed by atoms with Crippen LogP contribution in [0.3, 0.4) is 0 Å². The Morgan fingerprint density at radius 2 is 2.14 bits per heavy atom. The standard InChI is InChI=1S/C16H25N3O2/c1-3-19-9-7-13(8-10-19)11-17-15-6-5-14(12-18-15)16(20)21-4-2/h5-6,12-13H,3-4,7-11H2,1-2H3,(H,17,18). The molecular formula is C16H25N3O2. The lowest BCUT2D eigenvalue weighted by atomic mass is 9.97. The number of pyridine rings is 1. The predicted octanol–water partition coefficient (Wildman–Crippen LogP) is 2.40. The van der Waals surface area contributed by atoms with Crippen molar-refractivity contribution in [2.45, 2.75) is 26.7 Å². The summed E-state index contributed by atoms with van der Waals surface area (Å²) >= 11 is 0. The monoisotopic (exact) mass is 291 g/mol. The first kappa shape index (κ1) is 15.8. The van der Waals surface area contributed by atoms with Crippen LogP contribution in [-0.4, -0.2) is 48.6 Å². The number of esters is 1. The summed E-state index contributed by atoms with van der Waals surface area (Å²) in [5, 5.41) is 3.36. The third-order valence-corrected chi connectivity index (χ3v) is 4.00. The van der Waals surface area contributed by atoms with Gasteiger partial charge < -0.3 is 15.0 Å². The first-order valence-corrected chi connectivity index (χ1v) is 7.82. The van der Waals surface area contributed by atoms with Crippen molar-refractivity contribution in [1.29, 1.82) is 0 Å². The van der Waals surface area contributed by atoms with E-state index in [2.05, 4.69) is 22.1 Å². The second kappa shape index (κ2) is 7.98. The van der Waals surface area contributed by atoms with E-state index in [0.717, 1.165) is 18.9 Å². The SMILES string of the molecule is CCOC(=O)c1ccc(NCC2CCN(CC)CC2)nc1. The van der Waals surface area contributed by atoms with Crippen molar-refractivity contribution < 1.29 is 9.53 Å². The number of carbonyl (C=O) groups is 1. The molecule has 2 rings (SSSR count). The summed E-state index contributed by atoms with van der Waals surface area (Å²) in [6.07, 6.45) is 4.05. The molecule has 0 amide bonds. The number of carbonyl (C=O) groups excluding carboxylic acids is 1. The van der Waals surface area contributed by atoms with Gasteiger partial charge in [0.05, 0.1) is 12.2 Å². The van der Waals surface area contributed by atoms with Gasteiger partial charge in [0.1, 0.15) is 5.82 Å². The van der Waals surface area contributed by atoms with E-state index in [1.165, 1.54) is 25.9 Å². The zero-order valence-corrected chi connectivity index (χ0v) is 13.0. The predicted molar refractivity (Wildman–Crippen MR) is 83.5 cm³/mol. The lowest BCUT2D eigenvalue weighted by Gasteiger charge is -2.31. The van der Waals surface area contributed by atoms with Crippen LogP contribution < -0.4 is 5.32 Å². The molecule has 0 bridgehead atoms. The third-order valence-electron chi connectivity index (χ3n) is 4.00. The number of nitrogens with one attached hydrogen (secondary N) is 1. The molecule has 1 aliphatic heterocycles. The van der Waals surface area contributed by atoms with Crippen molar-refractivity contribution >= 4 is 11.8 Å². The maximum Gasteiger partial charge on any atom is 0.339 e. The molecule has 0 unspecified atom stereocenters. The fourth-order valence-electron chi connectivity index (χ4n) is 2.59. The number of hydrogen-bond donors (Lipinski definition) is 1. The molecule has 1 aliphatic rings.